The van der Waals surface area contributed by atoms with Crippen LogP contribution in [-0.4, -0.2) is 0 Å². The molecule has 88 valence electrons. The maximum atomic E-state index is 9.75. The smallest absolute Gasteiger partial charge is 0.691 e. The zero-order chi connectivity index (χ0) is 12.3. The third kappa shape index (κ3) is 3.30. The van der Waals surface area contributed by atoms with Crippen LogP contribution in [0.2, 0.25) is 0 Å². The molecule has 2 rings (SSSR count). The van der Waals surface area contributed by atoms with Crippen LogP contribution in [0.4, 0.5) is 5.69 Å². The van der Waals surface area contributed by atoms with Gasteiger partial charge in [-0.2, -0.15) is 9.45 Å². The van der Waals surface area contributed by atoms with E-state index in [2.05, 4.69) is 14.5 Å². The molecule has 0 aliphatic carbocycles. The molecule has 18 heavy (non-hydrogen) atoms. The van der Waals surface area contributed by atoms with Gasteiger partial charge < -0.3 is 5.26 Å². The molecule has 0 bridgehead atoms. The topological polar surface area (TPSA) is 77.7 Å². The van der Waals surface area contributed by atoms with Gasteiger partial charge in [0.25, 0.3) is 0 Å². The Kier molecular flexibility index (Phi) is 6.24. The van der Waals surface area contributed by atoms with E-state index in [4.69, 9.17) is 5.53 Å². The van der Waals surface area contributed by atoms with Gasteiger partial charge in [-0.25, -0.2) is 5.53 Å². The van der Waals surface area contributed by atoms with Crippen LogP contribution in [0.25, 0.3) is 10.8 Å². The maximum Gasteiger partial charge on any atom is 1.00 e. The first kappa shape index (κ1) is 15.6. The van der Waals surface area contributed by atoms with Crippen LogP contribution >= 0.6 is 12.0 Å². The van der Waals surface area contributed by atoms with Crippen molar-refractivity contribution in [3.63, 3.8) is 0 Å². The number of hydrogen-bond acceptors (Lipinski definition) is 6. The van der Waals surface area contributed by atoms with Gasteiger partial charge in [-0.3, -0.25) is 5.04 Å². The van der Waals surface area contributed by atoms with Crippen molar-refractivity contribution in [2.24, 2.45) is 5.11 Å². The molecule has 0 amide bonds. The molecule has 2 aromatic rings. The Labute approximate surface area is 130 Å². The molecular weight excluding hydrogens is 263 g/mol. The summed E-state index contributed by atoms with van der Waals surface area (Å²) in [6.07, 6.45) is 0. The molecule has 7 heteroatoms. The quantitative estimate of drug-likeness (QED) is 0.280. The van der Waals surface area contributed by atoms with Gasteiger partial charge in [0.2, 0.25) is 0 Å². The second-order valence-electron chi connectivity index (χ2n) is 3.44. The van der Waals surface area contributed by atoms with Crippen LogP contribution in [0.5, 0.6) is 0 Å². The summed E-state index contributed by atoms with van der Waals surface area (Å²) in [4.78, 5) is 0.749. The van der Waals surface area contributed by atoms with Gasteiger partial charge in [0.15, 0.2) is 0 Å². The fourth-order valence-corrected chi connectivity index (χ4v) is 2.05. The Morgan fingerprint density at radius 3 is 2.67 bits per heavy atom. The van der Waals surface area contributed by atoms with Crippen LogP contribution in [-0.2, 0) is 9.37 Å². The third-order valence-corrected chi connectivity index (χ3v) is 3.03. The zero-order valence-electron chi connectivity index (χ0n) is 9.97. The molecule has 0 aliphatic heterocycles. The second kappa shape index (κ2) is 7.20. The molecule has 0 aromatic heterocycles. The van der Waals surface area contributed by atoms with E-state index in [1.54, 1.807) is 12.1 Å². The van der Waals surface area contributed by atoms with Crippen LogP contribution in [0.3, 0.4) is 0 Å². The summed E-state index contributed by atoms with van der Waals surface area (Å²) in [5, 5.41) is 18.4. The van der Waals surface area contributed by atoms with E-state index in [9.17, 15) is 5.26 Å². The molecule has 0 atom stereocenters. The molecule has 0 spiro atoms. The number of fused-ring (bicyclic) bond motifs is 1. The summed E-state index contributed by atoms with van der Waals surface area (Å²) >= 11 is 0.845. The Hall–Kier alpha value is -0.470. The summed E-state index contributed by atoms with van der Waals surface area (Å²) in [7, 11) is 0. The predicted molar refractivity (Wildman–Crippen MR) is 61.5 cm³/mol. The zero-order valence-corrected chi connectivity index (χ0v) is 12.8. The Balaban J connectivity index is 0.00000162. The van der Waals surface area contributed by atoms with Gasteiger partial charge in [-0.05, 0) is 36.1 Å². The van der Waals surface area contributed by atoms with Crippen LogP contribution in [0.15, 0.2) is 40.3 Å². The average Bonchev–Trinajstić information content (AvgIpc) is 2.37. The number of nitrogens with zero attached hydrogens (tertiary/aromatic N) is 1. The predicted octanol–water partition coefficient (Wildman–Crippen LogP) is 0.0453. The van der Waals surface area contributed by atoms with Crippen molar-refractivity contribution in [3.8, 4) is 0 Å². The normalized spacial score (nSPS) is 10.1. The van der Waals surface area contributed by atoms with Crippen molar-refractivity contribution >= 4 is 28.5 Å². The monoisotopic (exact) mass is 272 g/mol. The molecule has 0 aliphatic rings. The molecule has 0 fully saturated rings. The third-order valence-electron chi connectivity index (χ3n) is 2.46. The van der Waals surface area contributed by atoms with Crippen molar-refractivity contribution in [1.82, 2.24) is 0 Å². The SMILES string of the molecule is Cc1ccc(N=N)c2ccc(SOO[O-])cc12.[Na+]. The van der Waals surface area contributed by atoms with Gasteiger partial charge in [0.05, 0.1) is 17.7 Å². The van der Waals surface area contributed by atoms with Gasteiger partial charge >= 0.3 is 29.6 Å². The van der Waals surface area contributed by atoms with E-state index in [-0.39, 0.29) is 29.6 Å². The van der Waals surface area contributed by atoms with Crippen LogP contribution in [0, 0.1) is 12.5 Å². The van der Waals surface area contributed by atoms with E-state index in [1.165, 1.54) is 0 Å². The summed E-state index contributed by atoms with van der Waals surface area (Å²) in [5.74, 6) is 0. The number of aryl methyl sites for hydroxylation is 1. The minimum atomic E-state index is 0. The minimum absolute atomic E-state index is 0. The Morgan fingerprint density at radius 2 is 2.00 bits per heavy atom. The number of benzene rings is 2. The van der Waals surface area contributed by atoms with E-state index < -0.39 is 0 Å². The second-order valence-corrected chi connectivity index (χ2v) is 4.21. The van der Waals surface area contributed by atoms with Crippen molar-refractivity contribution < 1.29 is 44.2 Å². The van der Waals surface area contributed by atoms with E-state index in [1.807, 2.05) is 25.1 Å². The molecule has 2 aromatic carbocycles. The van der Waals surface area contributed by atoms with E-state index >= 15 is 0 Å². The van der Waals surface area contributed by atoms with Crippen molar-refractivity contribution in [2.45, 2.75) is 11.8 Å². The molecule has 0 unspecified atom stereocenters. The summed E-state index contributed by atoms with van der Waals surface area (Å²) in [6.45, 7) is 1.97. The standard InChI is InChI=1S/C11H10N2O3S.Na/c1-7-2-5-11(13-12)9-4-3-8(6-10(7)9)17-16-15-14;/h2-6,12,14H,1H3;/q;+1/p-1. The summed E-state index contributed by atoms with van der Waals surface area (Å²) < 4.78 is 4.27. The first-order chi connectivity index (χ1) is 8.26. The molecule has 0 radical (unpaired) electrons. The van der Waals surface area contributed by atoms with Crippen molar-refractivity contribution in [1.29, 1.82) is 5.53 Å². The fourth-order valence-electron chi connectivity index (χ4n) is 1.66. The summed E-state index contributed by atoms with van der Waals surface area (Å²) in [5.41, 5.74) is 8.78. The Morgan fingerprint density at radius 1 is 1.22 bits per heavy atom. The molecule has 5 nitrogen and oxygen atoms in total. The molecule has 1 N–H and O–H groups in total. The van der Waals surface area contributed by atoms with Gasteiger partial charge in [-0.15, -0.1) is 0 Å². The van der Waals surface area contributed by atoms with E-state index in [0.29, 0.717) is 5.69 Å². The number of rotatable bonds is 4. The number of nitrogens with one attached hydrogen (secondary N) is 1. The van der Waals surface area contributed by atoms with Crippen LogP contribution in [0.1, 0.15) is 5.56 Å². The molecular formula is C11H9N2NaO3S. The molecule has 0 saturated carbocycles. The van der Waals surface area contributed by atoms with Crippen LogP contribution < -0.4 is 34.8 Å². The van der Waals surface area contributed by atoms with Gasteiger partial charge in [0.1, 0.15) is 0 Å². The minimum Gasteiger partial charge on any atom is -0.691 e. The maximum absolute atomic E-state index is 9.75. The first-order valence-electron chi connectivity index (χ1n) is 4.80. The molecule has 0 heterocycles. The van der Waals surface area contributed by atoms with Gasteiger partial charge in [-0.1, -0.05) is 12.1 Å². The fraction of sp³-hybridized carbons (Fsp3) is 0.0909. The first-order valence-corrected chi connectivity index (χ1v) is 5.54. The van der Waals surface area contributed by atoms with Crippen molar-refractivity contribution in [2.75, 3.05) is 0 Å². The van der Waals surface area contributed by atoms with Gasteiger partial charge in [0, 0.05) is 10.3 Å². The number of hydrogen-bond donors (Lipinski definition) is 1. The molecule has 0 saturated heterocycles. The average molecular weight is 272 g/mol. The Bertz CT molecular complexity index is 565. The largest absolute Gasteiger partial charge is 1.00 e. The van der Waals surface area contributed by atoms with Crippen molar-refractivity contribution in [3.05, 3.63) is 35.9 Å². The van der Waals surface area contributed by atoms with E-state index in [0.717, 1.165) is 33.3 Å². The summed E-state index contributed by atoms with van der Waals surface area (Å²) in [6, 6.07) is 9.18.